The minimum Gasteiger partial charge on any atom is -0.489 e. The monoisotopic (exact) mass is 267 g/mol. The molecule has 0 bridgehead atoms. The van der Waals surface area contributed by atoms with E-state index in [1.165, 1.54) is 0 Å². The van der Waals surface area contributed by atoms with Crippen molar-refractivity contribution >= 4 is 11.6 Å². The molecule has 1 N–H and O–H groups in total. The lowest BCUT2D eigenvalue weighted by Gasteiger charge is -2.15. The minimum atomic E-state index is -0.465. The van der Waals surface area contributed by atoms with Gasteiger partial charge in [0.25, 0.3) is 0 Å². The highest BCUT2D eigenvalue weighted by atomic mass is 16.5. The third-order valence-electron chi connectivity index (χ3n) is 3.73. The summed E-state index contributed by atoms with van der Waals surface area (Å²) in [5.74, 6) is 0.804. The standard InChI is InChI=1S/C17H17NO2/c1-17(2)14-9-8-13(10-15(14)18-16(17)19)20-11-12-6-4-3-5-7-12/h3-10H,11H2,1-2H3,(H,18,19). The Morgan fingerprint density at radius 2 is 1.85 bits per heavy atom. The van der Waals surface area contributed by atoms with Gasteiger partial charge in [0.05, 0.1) is 5.41 Å². The maximum atomic E-state index is 11.9. The zero-order valence-corrected chi connectivity index (χ0v) is 11.6. The van der Waals surface area contributed by atoms with E-state index in [2.05, 4.69) is 5.32 Å². The maximum absolute atomic E-state index is 11.9. The highest BCUT2D eigenvalue weighted by Crippen LogP contribution is 2.39. The van der Waals surface area contributed by atoms with Crippen molar-refractivity contribution in [1.29, 1.82) is 0 Å². The molecule has 2 aromatic rings. The quantitative estimate of drug-likeness (QED) is 0.924. The number of rotatable bonds is 3. The number of benzene rings is 2. The molecule has 1 aliphatic rings. The van der Waals surface area contributed by atoms with Gasteiger partial charge in [-0.3, -0.25) is 4.79 Å². The van der Waals surface area contributed by atoms with Gasteiger partial charge in [-0.2, -0.15) is 0 Å². The van der Waals surface area contributed by atoms with Gasteiger partial charge in [-0.15, -0.1) is 0 Å². The molecule has 1 amide bonds. The van der Waals surface area contributed by atoms with Crippen LogP contribution in [0.4, 0.5) is 5.69 Å². The van der Waals surface area contributed by atoms with E-state index in [0.29, 0.717) is 6.61 Å². The fourth-order valence-corrected chi connectivity index (χ4v) is 2.40. The number of carbonyl (C=O) groups excluding carboxylic acids is 1. The predicted octanol–water partition coefficient (Wildman–Crippen LogP) is 3.50. The fourth-order valence-electron chi connectivity index (χ4n) is 2.40. The zero-order valence-electron chi connectivity index (χ0n) is 11.6. The zero-order chi connectivity index (χ0) is 14.2. The van der Waals surface area contributed by atoms with Gasteiger partial charge in [-0.05, 0) is 31.0 Å². The summed E-state index contributed by atoms with van der Waals surface area (Å²) >= 11 is 0. The van der Waals surface area contributed by atoms with Crippen LogP contribution in [0.25, 0.3) is 0 Å². The normalized spacial score (nSPS) is 15.6. The first kappa shape index (κ1) is 12.7. The average molecular weight is 267 g/mol. The van der Waals surface area contributed by atoms with Crippen LogP contribution < -0.4 is 10.1 Å². The van der Waals surface area contributed by atoms with Crippen LogP contribution in [0, 0.1) is 0 Å². The summed E-state index contributed by atoms with van der Waals surface area (Å²) in [5.41, 5.74) is 2.53. The van der Waals surface area contributed by atoms with E-state index in [4.69, 9.17) is 4.74 Å². The van der Waals surface area contributed by atoms with Crippen molar-refractivity contribution in [3.8, 4) is 5.75 Å². The van der Waals surface area contributed by atoms with E-state index in [9.17, 15) is 4.79 Å². The first-order valence-corrected chi connectivity index (χ1v) is 6.70. The second-order valence-corrected chi connectivity index (χ2v) is 5.56. The second-order valence-electron chi connectivity index (χ2n) is 5.56. The van der Waals surface area contributed by atoms with Crippen LogP contribution in [-0.4, -0.2) is 5.91 Å². The molecule has 3 nitrogen and oxygen atoms in total. The Hall–Kier alpha value is -2.29. The van der Waals surface area contributed by atoms with Crippen LogP contribution in [0.15, 0.2) is 48.5 Å². The molecule has 0 radical (unpaired) electrons. The number of hydrogen-bond donors (Lipinski definition) is 1. The van der Waals surface area contributed by atoms with Crippen molar-refractivity contribution in [3.63, 3.8) is 0 Å². The Labute approximate surface area is 118 Å². The Balaban J connectivity index is 1.78. The Bertz CT molecular complexity index is 647. The van der Waals surface area contributed by atoms with Gasteiger partial charge in [-0.1, -0.05) is 36.4 Å². The van der Waals surface area contributed by atoms with Gasteiger partial charge in [0.2, 0.25) is 5.91 Å². The summed E-state index contributed by atoms with van der Waals surface area (Å²) in [7, 11) is 0. The number of amides is 1. The summed E-state index contributed by atoms with van der Waals surface area (Å²) in [4.78, 5) is 11.9. The van der Waals surface area contributed by atoms with Crippen LogP contribution in [0.2, 0.25) is 0 Å². The van der Waals surface area contributed by atoms with E-state index < -0.39 is 5.41 Å². The Kier molecular flexibility index (Phi) is 2.97. The molecule has 3 heteroatoms. The molecule has 0 spiro atoms. The Morgan fingerprint density at radius 3 is 2.60 bits per heavy atom. The third kappa shape index (κ3) is 2.16. The topological polar surface area (TPSA) is 38.3 Å². The lowest BCUT2D eigenvalue weighted by molar-refractivity contribution is -0.119. The maximum Gasteiger partial charge on any atom is 0.234 e. The molecule has 102 valence electrons. The number of anilines is 1. The third-order valence-corrected chi connectivity index (χ3v) is 3.73. The molecular formula is C17H17NO2. The van der Waals surface area contributed by atoms with Crippen LogP contribution in [0.5, 0.6) is 5.75 Å². The Morgan fingerprint density at radius 1 is 1.10 bits per heavy atom. The van der Waals surface area contributed by atoms with Gasteiger partial charge in [0, 0.05) is 11.8 Å². The van der Waals surface area contributed by atoms with Crippen molar-refractivity contribution in [3.05, 3.63) is 59.7 Å². The molecule has 0 atom stereocenters. The predicted molar refractivity (Wildman–Crippen MR) is 78.9 cm³/mol. The molecule has 0 fully saturated rings. The highest BCUT2D eigenvalue weighted by Gasteiger charge is 2.38. The van der Waals surface area contributed by atoms with Crippen molar-refractivity contribution in [2.45, 2.75) is 25.9 Å². The van der Waals surface area contributed by atoms with Crippen LogP contribution in [0.3, 0.4) is 0 Å². The molecule has 0 unspecified atom stereocenters. The average Bonchev–Trinajstić information content (AvgIpc) is 2.68. The molecule has 0 saturated heterocycles. The molecule has 0 aliphatic carbocycles. The molecule has 1 heterocycles. The van der Waals surface area contributed by atoms with Crippen molar-refractivity contribution in [1.82, 2.24) is 0 Å². The van der Waals surface area contributed by atoms with Crippen molar-refractivity contribution in [2.24, 2.45) is 0 Å². The molecule has 3 rings (SSSR count). The molecule has 20 heavy (non-hydrogen) atoms. The lowest BCUT2D eigenvalue weighted by Crippen LogP contribution is -2.26. The first-order valence-electron chi connectivity index (χ1n) is 6.70. The van der Waals surface area contributed by atoms with Crippen molar-refractivity contribution < 1.29 is 9.53 Å². The van der Waals surface area contributed by atoms with E-state index in [-0.39, 0.29) is 5.91 Å². The van der Waals surface area contributed by atoms with Crippen LogP contribution in [0.1, 0.15) is 25.0 Å². The summed E-state index contributed by atoms with van der Waals surface area (Å²) in [6.45, 7) is 4.38. The van der Waals surface area contributed by atoms with E-state index >= 15 is 0 Å². The number of carbonyl (C=O) groups is 1. The first-order chi connectivity index (χ1) is 9.57. The van der Waals surface area contributed by atoms with Gasteiger partial charge in [0.1, 0.15) is 12.4 Å². The molecular weight excluding hydrogens is 250 g/mol. The molecule has 0 aromatic heterocycles. The van der Waals surface area contributed by atoms with Gasteiger partial charge in [-0.25, -0.2) is 0 Å². The van der Waals surface area contributed by atoms with Crippen LogP contribution in [-0.2, 0) is 16.8 Å². The smallest absolute Gasteiger partial charge is 0.234 e. The highest BCUT2D eigenvalue weighted by molar-refractivity contribution is 6.05. The van der Waals surface area contributed by atoms with Gasteiger partial charge in [0.15, 0.2) is 0 Å². The number of hydrogen-bond acceptors (Lipinski definition) is 2. The van der Waals surface area contributed by atoms with Gasteiger partial charge < -0.3 is 10.1 Å². The van der Waals surface area contributed by atoms with E-state index in [1.54, 1.807) is 0 Å². The largest absolute Gasteiger partial charge is 0.489 e. The molecule has 2 aromatic carbocycles. The van der Waals surface area contributed by atoms with Crippen LogP contribution >= 0.6 is 0 Å². The number of ether oxygens (including phenoxy) is 1. The molecule has 0 saturated carbocycles. The van der Waals surface area contributed by atoms with E-state index in [0.717, 1.165) is 22.6 Å². The summed E-state index contributed by atoms with van der Waals surface area (Å²) < 4.78 is 5.77. The van der Waals surface area contributed by atoms with E-state index in [1.807, 2.05) is 62.4 Å². The van der Waals surface area contributed by atoms with Gasteiger partial charge >= 0.3 is 0 Å². The van der Waals surface area contributed by atoms with Crippen molar-refractivity contribution in [2.75, 3.05) is 5.32 Å². The number of nitrogens with one attached hydrogen (secondary N) is 1. The summed E-state index contributed by atoms with van der Waals surface area (Å²) in [6, 6.07) is 15.8. The fraction of sp³-hybridized carbons (Fsp3) is 0.235. The lowest BCUT2D eigenvalue weighted by atomic mass is 9.86. The second kappa shape index (κ2) is 4.67. The summed E-state index contributed by atoms with van der Waals surface area (Å²) in [6.07, 6.45) is 0. The number of fused-ring (bicyclic) bond motifs is 1. The summed E-state index contributed by atoms with van der Waals surface area (Å²) in [5, 5.41) is 2.91. The minimum absolute atomic E-state index is 0.0349. The molecule has 1 aliphatic heterocycles. The SMILES string of the molecule is CC1(C)C(=O)Nc2cc(OCc3ccccc3)ccc21.